The number of ether oxygens (including phenoxy) is 1. The molecule has 8 heteroatoms. The number of rotatable bonds is 6. The topological polar surface area (TPSA) is 94.8 Å². The van der Waals surface area contributed by atoms with E-state index in [0.717, 1.165) is 35.1 Å². The number of nitrogens with zero attached hydrogens (tertiary/aromatic N) is 5. The Morgan fingerprint density at radius 2 is 2.00 bits per heavy atom. The van der Waals surface area contributed by atoms with Crippen LogP contribution in [0.4, 0.5) is 0 Å². The Morgan fingerprint density at radius 1 is 1.13 bits per heavy atom. The zero-order valence-electron chi connectivity index (χ0n) is 16.4. The quantitative estimate of drug-likeness (QED) is 0.496. The van der Waals surface area contributed by atoms with E-state index in [9.17, 15) is 4.79 Å². The Labute approximate surface area is 173 Å². The van der Waals surface area contributed by atoms with Crippen molar-refractivity contribution in [2.24, 2.45) is 7.05 Å². The number of pyridine rings is 3. The molecule has 4 aromatic heterocycles. The van der Waals surface area contributed by atoms with Gasteiger partial charge in [-0.3, -0.25) is 19.4 Å². The molecule has 5 rings (SSSR count). The van der Waals surface area contributed by atoms with E-state index in [4.69, 9.17) is 4.74 Å². The zero-order chi connectivity index (χ0) is 20.5. The number of carbonyl (C=O) groups excluding carboxylic acids is 1. The Bertz CT molecular complexity index is 1230. The first kappa shape index (κ1) is 18.4. The van der Waals surface area contributed by atoms with E-state index < -0.39 is 0 Å². The van der Waals surface area contributed by atoms with Crippen LogP contribution in [0.3, 0.4) is 0 Å². The highest BCUT2D eigenvalue weighted by molar-refractivity contribution is 5.98. The summed E-state index contributed by atoms with van der Waals surface area (Å²) in [5.74, 6) is 0.452. The Morgan fingerprint density at radius 3 is 2.77 bits per heavy atom. The average Bonchev–Trinajstić information content (AvgIpc) is 3.17. The molecular formula is C22H20N6O2. The molecule has 1 aliphatic heterocycles. The summed E-state index contributed by atoms with van der Waals surface area (Å²) in [4.78, 5) is 25.9. The van der Waals surface area contributed by atoms with E-state index in [1.165, 1.54) is 0 Å². The lowest BCUT2D eigenvalue weighted by molar-refractivity contribution is 0.0989. The third-order valence-corrected chi connectivity index (χ3v) is 5.09. The van der Waals surface area contributed by atoms with Crippen LogP contribution >= 0.6 is 0 Å². The number of ketones is 1. The van der Waals surface area contributed by atoms with Crippen LogP contribution in [-0.2, 0) is 13.5 Å². The van der Waals surface area contributed by atoms with Gasteiger partial charge in [0.1, 0.15) is 6.10 Å². The van der Waals surface area contributed by atoms with E-state index in [-0.39, 0.29) is 18.3 Å². The lowest BCUT2D eigenvalue weighted by Crippen LogP contribution is -2.50. The second-order valence-electron chi connectivity index (χ2n) is 7.38. The summed E-state index contributed by atoms with van der Waals surface area (Å²) in [5.41, 5.74) is 3.05. The SMILES string of the molecule is Cn1cc(-c2cc3cc(CC(=O)c4ccnc(OC5CNC5)c4)ncc3cn2)cn1. The molecule has 0 aliphatic carbocycles. The summed E-state index contributed by atoms with van der Waals surface area (Å²) < 4.78 is 7.49. The van der Waals surface area contributed by atoms with Crippen LogP contribution in [0.15, 0.2) is 55.2 Å². The maximum Gasteiger partial charge on any atom is 0.214 e. The summed E-state index contributed by atoms with van der Waals surface area (Å²) in [6, 6.07) is 7.34. The number of hydrogen-bond donors (Lipinski definition) is 1. The van der Waals surface area contributed by atoms with Gasteiger partial charge < -0.3 is 10.1 Å². The van der Waals surface area contributed by atoms with Gasteiger partial charge in [0.05, 0.1) is 18.3 Å². The molecule has 8 nitrogen and oxygen atoms in total. The van der Waals surface area contributed by atoms with Crippen molar-refractivity contribution in [1.82, 2.24) is 30.0 Å². The van der Waals surface area contributed by atoms with Crippen molar-refractivity contribution in [2.75, 3.05) is 13.1 Å². The highest BCUT2D eigenvalue weighted by Gasteiger charge is 2.19. The fraction of sp³-hybridized carbons (Fsp3) is 0.227. The molecule has 4 aromatic rings. The third kappa shape index (κ3) is 3.77. The predicted molar refractivity (Wildman–Crippen MR) is 111 cm³/mol. The molecule has 0 saturated carbocycles. The molecule has 0 atom stereocenters. The van der Waals surface area contributed by atoms with Gasteiger partial charge in [-0.1, -0.05) is 0 Å². The molecule has 0 spiro atoms. The van der Waals surface area contributed by atoms with Crippen LogP contribution in [0.2, 0.25) is 0 Å². The van der Waals surface area contributed by atoms with Crippen LogP contribution < -0.4 is 10.1 Å². The summed E-state index contributed by atoms with van der Waals surface area (Å²) in [7, 11) is 1.87. The van der Waals surface area contributed by atoms with Gasteiger partial charge in [-0.2, -0.15) is 5.10 Å². The smallest absolute Gasteiger partial charge is 0.214 e. The third-order valence-electron chi connectivity index (χ3n) is 5.09. The highest BCUT2D eigenvalue weighted by Crippen LogP contribution is 2.22. The first-order chi connectivity index (χ1) is 14.6. The zero-order valence-corrected chi connectivity index (χ0v) is 16.4. The van der Waals surface area contributed by atoms with Gasteiger partial charge in [0.2, 0.25) is 5.88 Å². The van der Waals surface area contributed by atoms with Gasteiger partial charge in [-0.25, -0.2) is 4.98 Å². The number of aromatic nitrogens is 5. The van der Waals surface area contributed by atoms with E-state index in [2.05, 4.69) is 25.4 Å². The van der Waals surface area contributed by atoms with Gasteiger partial charge in [-0.05, 0) is 23.6 Å². The van der Waals surface area contributed by atoms with Crippen molar-refractivity contribution < 1.29 is 9.53 Å². The van der Waals surface area contributed by atoms with Crippen molar-refractivity contribution in [3.05, 3.63) is 66.5 Å². The van der Waals surface area contributed by atoms with E-state index >= 15 is 0 Å². The number of carbonyl (C=O) groups is 1. The van der Waals surface area contributed by atoms with Crippen molar-refractivity contribution in [3.63, 3.8) is 0 Å². The molecule has 5 heterocycles. The lowest BCUT2D eigenvalue weighted by atomic mass is 10.1. The van der Waals surface area contributed by atoms with Crippen LogP contribution in [0, 0.1) is 0 Å². The van der Waals surface area contributed by atoms with Gasteiger partial charge in [0.25, 0.3) is 0 Å². The van der Waals surface area contributed by atoms with Crippen LogP contribution in [-0.4, -0.2) is 49.7 Å². The monoisotopic (exact) mass is 400 g/mol. The second-order valence-corrected chi connectivity index (χ2v) is 7.38. The molecule has 1 saturated heterocycles. The van der Waals surface area contributed by atoms with Crippen molar-refractivity contribution in [1.29, 1.82) is 0 Å². The van der Waals surface area contributed by atoms with Gasteiger partial charge >= 0.3 is 0 Å². The number of fused-ring (bicyclic) bond motifs is 1. The molecule has 30 heavy (non-hydrogen) atoms. The molecule has 0 unspecified atom stereocenters. The first-order valence-corrected chi connectivity index (χ1v) is 9.74. The van der Waals surface area contributed by atoms with Crippen LogP contribution in [0.1, 0.15) is 16.1 Å². The lowest BCUT2D eigenvalue weighted by Gasteiger charge is -2.27. The summed E-state index contributed by atoms with van der Waals surface area (Å²) >= 11 is 0. The minimum atomic E-state index is -0.0256. The summed E-state index contributed by atoms with van der Waals surface area (Å²) in [6.45, 7) is 1.60. The molecule has 0 bridgehead atoms. The van der Waals surface area contributed by atoms with E-state index in [1.807, 2.05) is 25.4 Å². The number of nitrogens with one attached hydrogen (secondary N) is 1. The van der Waals surface area contributed by atoms with Crippen LogP contribution in [0.25, 0.3) is 22.0 Å². The number of hydrogen-bond acceptors (Lipinski definition) is 7. The fourth-order valence-electron chi connectivity index (χ4n) is 3.32. The normalized spacial score (nSPS) is 13.9. The van der Waals surface area contributed by atoms with Gasteiger partial charge in [-0.15, -0.1) is 0 Å². The predicted octanol–water partition coefficient (Wildman–Crippen LogP) is 2.20. The molecular weight excluding hydrogens is 380 g/mol. The Hall–Kier alpha value is -3.65. The Balaban J connectivity index is 1.36. The standard InChI is InChI=1S/C22H20N6O2/c1-28-13-17(10-27-28)20-5-15-4-18(25-8-16(15)9-26-20)7-21(29)14-2-3-24-22(6-14)30-19-11-23-12-19/h2-6,8-10,13,19,23H,7,11-12H2,1H3. The second kappa shape index (κ2) is 7.64. The highest BCUT2D eigenvalue weighted by atomic mass is 16.5. The van der Waals surface area contributed by atoms with E-state index in [0.29, 0.717) is 17.1 Å². The maximum absolute atomic E-state index is 12.8. The minimum absolute atomic E-state index is 0.0256. The number of aryl methyl sites for hydroxylation is 1. The molecule has 0 radical (unpaired) electrons. The molecule has 0 amide bonds. The summed E-state index contributed by atoms with van der Waals surface area (Å²) in [5, 5.41) is 9.25. The number of Topliss-reactive ketones (excluding diaryl/α,β-unsaturated/α-hetero) is 1. The first-order valence-electron chi connectivity index (χ1n) is 9.74. The van der Waals surface area contributed by atoms with Crippen LogP contribution in [0.5, 0.6) is 5.88 Å². The minimum Gasteiger partial charge on any atom is -0.472 e. The molecule has 1 N–H and O–H groups in total. The maximum atomic E-state index is 12.8. The summed E-state index contributed by atoms with van der Waals surface area (Å²) in [6.07, 6.45) is 9.17. The molecule has 1 fully saturated rings. The van der Waals surface area contributed by atoms with Crippen molar-refractivity contribution in [3.8, 4) is 17.1 Å². The Kier molecular flexibility index (Phi) is 4.68. The fourth-order valence-corrected chi connectivity index (χ4v) is 3.32. The van der Waals surface area contributed by atoms with Gasteiger partial charge in [0, 0.05) is 73.2 Å². The molecule has 150 valence electrons. The van der Waals surface area contributed by atoms with Gasteiger partial charge in [0.15, 0.2) is 5.78 Å². The largest absolute Gasteiger partial charge is 0.472 e. The van der Waals surface area contributed by atoms with Crippen molar-refractivity contribution in [2.45, 2.75) is 12.5 Å². The molecule has 1 aliphatic rings. The average molecular weight is 400 g/mol. The van der Waals surface area contributed by atoms with E-state index in [1.54, 1.807) is 41.6 Å². The van der Waals surface area contributed by atoms with Crippen molar-refractivity contribution >= 4 is 16.6 Å². The molecule has 0 aromatic carbocycles.